The first-order valence-electron chi connectivity index (χ1n) is 5.73. The van der Waals surface area contributed by atoms with Crippen molar-refractivity contribution in [3.05, 3.63) is 0 Å². The van der Waals surface area contributed by atoms with Crippen molar-refractivity contribution < 1.29 is 14.4 Å². The molecule has 3 atom stereocenters. The minimum Gasteiger partial charge on any atom is -0.303 e. The molecule has 82 valence electrons. The minimum absolute atomic E-state index is 0.00384. The highest BCUT2D eigenvalue weighted by atomic mass is 16.1. The fourth-order valence-corrected chi connectivity index (χ4v) is 3.10. The van der Waals surface area contributed by atoms with E-state index in [-0.39, 0.29) is 29.3 Å². The van der Waals surface area contributed by atoms with Crippen molar-refractivity contribution in [3.8, 4) is 0 Å². The van der Waals surface area contributed by atoms with Crippen LogP contribution in [0.2, 0.25) is 0 Å². The van der Waals surface area contributed by atoms with Crippen LogP contribution in [0.15, 0.2) is 0 Å². The molecule has 0 aromatic carbocycles. The Bertz CT molecular complexity index is 293. The number of rotatable bonds is 4. The number of aldehydes is 1. The highest BCUT2D eigenvalue weighted by molar-refractivity contribution is 5.96. The number of hydrogen-bond donors (Lipinski definition) is 0. The van der Waals surface area contributed by atoms with Crippen LogP contribution in [0.3, 0.4) is 0 Å². The summed E-state index contributed by atoms with van der Waals surface area (Å²) in [6.07, 6.45) is 5.06. The smallest absolute Gasteiger partial charge is 0.137 e. The molecule has 2 aliphatic carbocycles. The summed E-state index contributed by atoms with van der Waals surface area (Å²) in [7, 11) is 0. The molecule has 3 nitrogen and oxygen atoms in total. The average Bonchev–Trinajstić information content (AvgIpc) is 2.72. The summed E-state index contributed by atoms with van der Waals surface area (Å²) in [5, 5.41) is 0. The maximum absolute atomic E-state index is 11.6. The maximum Gasteiger partial charge on any atom is 0.137 e. The fraction of sp³-hybridized carbons (Fsp3) is 0.750. The predicted octanol–water partition coefficient (Wildman–Crippen LogP) is 1.54. The Morgan fingerprint density at radius 1 is 1.27 bits per heavy atom. The summed E-state index contributed by atoms with van der Waals surface area (Å²) < 4.78 is 0. The second kappa shape index (κ2) is 4.25. The van der Waals surface area contributed by atoms with Crippen LogP contribution in [0.5, 0.6) is 0 Å². The molecule has 0 aromatic heterocycles. The Hall–Kier alpha value is -0.990. The van der Waals surface area contributed by atoms with E-state index in [0.29, 0.717) is 19.3 Å². The molecule has 2 aliphatic rings. The second-order valence-corrected chi connectivity index (χ2v) is 4.67. The molecule has 0 radical (unpaired) electrons. The number of carbonyl (C=O) groups excluding carboxylic acids is 3. The molecule has 0 spiro atoms. The van der Waals surface area contributed by atoms with Gasteiger partial charge in [-0.25, -0.2) is 0 Å². The van der Waals surface area contributed by atoms with Crippen LogP contribution in [0.25, 0.3) is 0 Å². The zero-order valence-electron chi connectivity index (χ0n) is 8.78. The fourth-order valence-electron chi connectivity index (χ4n) is 3.10. The standard InChI is InChI=1S/C12H16O3/c13-6-2-1-3-8-7-11(15)9-4-5-10(14)12(8)9/h6,8-9,12H,1-5,7H2/t8-,9-,12+/m0/s1. The third-order valence-corrected chi connectivity index (χ3v) is 3.79. The molecular formula is C12H16O3. The Morgan fingerprint density at radius 3 is 2.80 bits per heavy atom. The lowest BCUT2D eigenvalue weighted by Crippen LogP contribution is -2.18. The summed E-state index contributed by atoms with van der Waals surface area (Å²) in [5.41, 5.74) is 0. The van der Waals surface area contributed by atoms with E-state index in [9.17, 15) is 14.4 Å². The zero-order chi connectivity index (χ0) is 10.8. The number of ketones is 2. The number of carbonyl (C=O) groups is 3. The topological polar surface area (TPSA) is 51.2 Å². The van der Waals surface area contributed by atoms with E-state index < -0.39 is 0 Å². The lowest BCUT2D eigenvalue weighted by Gasteiger charge is -2.15. The van der Waals surface area contributed by atoms with Gasteiger partial charge in [0.2, 0.25) is 0 Å². The molecular weight excluding hydrogens is 192 g/mol. The first-order valence-corrected chi connectivity index (χ1v) is 5.73. The van der Waals surface area contributed by atoms with Crippen LogP contribution >= 0.6 is 0 Å². The van der Waals surface area contributed by atoms with E-state index >= 15 is 0 Å². The monoisotopic (exact) mass is 208 g/mol. The molecule has 0 unspecified atom stereocenters. The maximum atomic E-state index is 11.6. The van der Waals surface area contributed by atoms with Gasteiger partial charge in [0.05, 0.1) is 0 Å². The number of fused-ring (bicyclic) bond motifs is 1. The van der Waals surface area contributed by atoms with Crippen LogP contribution in [-0.2, 0) is 14.4 Å². The average molecular weight is 208 g/mol. The van der Waals surface area contributed by atoms with Crippen LogP contribution in [0.1, 0.15) is 38.5 Å². The summed E-state index contributed by atoms with van der Waals surface area (Å²) in [5.74, 6) is 0.823. The van der Waals surface area contributed by atoms with Gasteiger partial charge in [-0.3, -0.25) is 9.59 Å². The summed E-state index contributed by atoms with van der Waals surface area (Å²) >= 11 is 0. The molecule has 0 amide bonds. The summed E-state index contributed by atoms with van der Waals surface area (Å²) in [6.45, 7) is 0. The van der Waals surface area contributed by atoms with Gasteiger partial charge in [0.25, 0.3) is 0 Å². The van der Waals surface area contributed by atoms with Crippen molar-refractivity contribution in [2.75, 3.05) is 0 Å². The van der Waals surface area contributed by atoms with Gasteiger partial charge in [0.15, 0.2) is 0 Å². The first kappa shape index (κ1) is 10.5. The van der Waals surface area contributed by atoms with E-state index in [1.807, 2.05) is 0 Å². The lowest BCUT2D eigenvalue weighted by molar-refractivity contribution is -0.124. The largest absolute Gasteiger partial charge is 0.303 e. The molecule has 2 rings (SSSR count). The molecule has 2 saturated carbocycles. The highest BCUT2D eigenvalue weighted by Gasteiger charge is 2.48. The van der Waals surface area contributed by atoms with Gasteiger partial charge in [0.1, 0.15) is 17.9 Å². The predicted molar refractivity (Wildman–Crippen MR) is 54.3 cm³/mol. The number of Topliss-reactive ketones (excluding diaryl/α,β-unsaturated/α-hetero) is 2. The number of hydrogen-bond acceptors (Lipinski definition) is 3. The van der Waals surface area contributed by atoms with Crippen molar-refractivity contribution in [2.45, 2.75) is 38.5 Å². The Balaban J connectivity index is 1.97. The molecule has 0 saturated heterocycles. The summed E-state index contributed by atoms with van der Waals surface area (Å²) in [6, 6.07) is 0. The van der Waals surface area contributed by atoms with Crippen LogP contribution < -0.4 is 0 Å². The van der Waals surface area contributed by atoms with Crippen molar-refractivity contribution >= 4 is 17.9 Å². The third-order valence-electron chi connectivity index (χ3n) is 3.79. The quantitative estimate of drug-likeness (QED) is 0.520. The van der Waals surface area contributed by atoms with E-state index in [4.69, 9.17) is 0 Å². The molecule has 0 bridgehead atoms. The van der Waals surface area contributed by atoms with Crippen molar-refractivity contribution in [1.29, 1.82) is 0 Å². The molecule has 0 heterocycles. The van der Waals surface area contributed by atoms with Crippen molar-refractivity contribution in [2.24, 2.45) is 17.8 Å². The highest BCUT2D eigenvalue weighted by Crippen LogP contribution is 2.45. The van der Waals surface area contributed by atoms with E-state index in [1.165, 1.54) is 0 Å². The Morgan fingerprint density at radius 2 is 2.07 bits per heavy atom. The molecule has 15 heavy (non-hydrogen) atoms. The van der Waals surface area contributed by atoms with E-state index in [1.54, 1.807) is 0 Å². The molecule has 0 aliphatic heterocycles. The Labute approximate surface area is 89.2 Å². The van der Waals surface area contributed by atoms with Gasteiger partial charge in [-0.2, -0.15) is 0 Å². The minimum atomic E-state index is 0.00384. The normalized spacial score (nSPS) is 34.5. The molecule has 0 aromatic rings. The van der Waals surface area contributed by atoms with E-state index in [0.717, 1.165) is 25.5 Å². The van der Waals surface area contributed by atoms with Gasteiger partial charge >= 0.3 is 0 Å². The lowest BCUT2D eigenvalue weighted by atomic mass is 9.87. The van der Waals surface area contributed by atoms with Crippen LogP contribution in [0.4, 0.5) is 0 Å². The molecule has 3 heteroatoms. The molecule has 0 N–H and O–H groups in total. The summed E-state index contributed by atoms with van der Waals surface area (Å²) in [4.78, 5) is 33.4. The SMILES string of the molecule is O=CCCC[C@H]1CC(=O)[C@@H]2CCC(=O)[C@H]12. The van der Waals surface area contributed by atoms with Crippen LogP contribution in [0, 0.1) is 17.8 Å². The van der Waals surface area contributed by atoms with Crippen molar-refractivity contribution in [3.63, 3.8) is 0 Å². The third kappa shape index (κ3) is 1.87. The van der Waals surface area contributed by atoms with Gasteiger partial charge in [0, 0.05) is 31.1 Å². The zero-order valence-corrected chi connectivity index (χ0v) is 8.78. The number of unbranched alkanes of at least 4 members (excludes halogenated alkanes) is 1. The van der Waals surface area contributed by atoms with Gasteiger partial charge < -0.3 is 4.79 Å². The van der Waals surface area contributed by atoms with Gasteiger partial charge in [-0.1, -0.05) is 0 Å². The molecule has 2 fully saturated rings. The van der Waals surface area contributed by atoms with Crippen molar-refractivity contribution in [1.82, 2.24) is 0 Å². The second-order valence-electron chi connectivity index (χ2n) is 4.67. The Kier molecular flexibility index (Phi) is 2.98. The van der Waals surface area contributed by atoms with Gasteiger partial charge in [-0.15, -0.1) is 0 Å². The first-order chi connectivity index (χ1) is 7.24. The van der Waals surface area contributed by atoms with Crippen LogP contribution in [-0.4, -0.2) is 17.9 Å². The van der Waals surface area contributed by atoms with E-state index in [2.05, 4.69) is 0 Å². The van der Waals surface area contributed by atoms with Gasteiger partial charge in [-0.05, 0) is 25.2 Å².